The lowest BCUT2D eigenvalue weighted by Crippen LogP contribution is -2.31. The van der Waals surface area contributed by atoms with E-state index in [2.05, 4.69) is 10.1 Å². The molecule has 1 aliphatic heterocycles. The van der Waals surface area contributed by atoms with Crippen molar-refractivity contribution in [3.63, 3.8) is 0 Å². The minimum Gasteiger partial charge on any atom is -0.481 e. The second kappa shape index (κ2) is 6.48. The van der Waals surface area contributed by atoms with Crippen LogP contribution in [0.4, 0.5) is 0 Å². The van der Waals surface area contributed by atoms with Gasteiger partial charge < -0.3 is 10.0 Å². The number of likely N-dealkylation sites (tertiary alicyclic amines) is 1. The molecule has 1 aliphatic rings. The molecule has 0 aromatic carbocycles. The van der Waals surface area contributed by atoms with Gasteiger partial charge in [-0.1, -0.05) is 18.5 Å². The van der Waals surface area contributed by atoms with Crippen LogP contribution in [0.5, 0.6) is 0 Å². The van der Waals surface area contributed by atoms with Gasteiger partial charge in [-0.15, -0.1) is 0 Å². The highest BCUT2D eigenvalue weighted by Gasteiger charge is 2.38. The lowest BCUT2D eigenvalue weighted by atomic mass is 9.99. The first-order chi connectivity index (χ1) is 11.8. The van der Waals surface area contributed by atoms with Crippen molar-refractivity contribution in [2.75, 3.05) is 13.1 Å². The summed E-state index contributed by atoms with van der Waals surface area (Å²) in [5.74, 6) is -1.43. The van der Waals surface area contributed by atoms with Gasteiger partial charge >= 0.3 is 5.97 Å². The summed E-state index contributed by atoms with van der Waals surface area (Å²) in [7, 11) is 0. The smallest absolute Gasteiger partial charge is 0.308 e. The summed E-state index contributed by atoms with van der Waals surface area (Å²) in [6.45, 7) is 6.14. The first kappa shape index (κ1) is 17.4. The lowest BCUT2D eigenvalue weighted by Gasteiger charge is -2.16. The summed E-state index contributed by atoms with van der Waals surface area (Å²) in [6.07, 6.45) is 0. The molecule has 25 heavy (non-hydrogen) atoms. The second-order valence-electron chi connectivity index (χ2n) is 6.47. The molecule has 0 saturated carbocycles. The summed E-state index contributed by atoms with van der Waals surface area (Å²) >= 11 is 6.18. The first-order valence-electron chi connectivity index (χ1n) is 8.00. The molecule has 1 amide bonds. The zero-order valence-electron chi connectivity index (χ0n) is 14.2. The normalized spacial score (nSPS) is 20.1. The van der Waals surface area contributed by atoms with Crippen LogP contribution in [-0.4, -0.2) is 49.7 Å². The van der Waals surface area contributed by atoms with Gasteiger partial charge in [-0.3, -0.25) is 9.59 Å². The number of carboxylic acids is 1. The molecule has 0 spiro atoms. The van der Waals surface area contributed by atoms with Crippen molar-refractivity contribution in [1.29, 1.82) is 0 Å². The van der Waals surface area contributed by atoms with Crippen LogP contribution in [0, 0.1) is 25.7 Å². The number of aliphatic carboxylic acids is 1. The van der Waals surface area contributed by atoms with E-state index in [9.17, 15) is 14.7 Å². The molecule has 7 nitrogen and oxygen atoms in total. The van der Waals surface area contributed by atoms with E-state index in [0.29, 0.717) is 12.4 Å². The topological polar surface area (TPSA) is 88.3 Å². The van der Waals surface area contributed by atoms with Gasteiger partial charge in [-0.2, -0.15) is 5.10 Å². The molecule has 0 aliphatic carbocycles. The first-order valence-corrected chi connectivity index (χ1v) is 8.38. The quantitative estimate of drug-likeness (QED) is 0.905. The molecular weight excluding hydrogens is 344 g/mol. The fourth-order valence-corrected chi connectivity index (χ4v) is 3.35. The SMILES string of the molecule is Cc1cc(C)n(-c2ccc(Cl)c(C(=O)N3C[C@@H](C)[C@H](C(=O)O)C3)n2)n1. The Balaban J connectivity index is 1.92. The number of hydrogen-bond donors (Lipinski definition) is 1. The van der Waals surface area contributed by atoms with E-state index in [1.54, 1.807) is 16.8 Å². The molecule has 3 heterocycles. The number of rotatable bonds is 3. The molecule has 3 rings (SSSR count). The predicted octanol–water partition coefficient (Wildman–Crippen LogP) is 2.33. The average molecular weight is 363 g/mol. The summed E-state index contributed by atoms with van der Waals surface area (Å²) in [5, 5.41) is 13.8. The predicted molar refractivity (Wildman–Crippen MR) is 92.0 cm³/mol. The Hall–Kier alpha value is -2.41. The molecule has 0 bridgehead atoms. The Morgan fingerprint density at radius 3 is 2.56 bits per heavy atom. The van der Waals surface area contributed by atoms with Gasteiger partial charge in [0, 0.05) is 18.8 Å². The van der Waals surface area contributed by atoms with E-state index < -0.39 is 11.9 Å². The van der Waals surface area contributed by atoms with E-state index in [1.165, 1.54) is 4.90 Å². The Morgan fingerprint density at radius 1 is 1.28 bits per heavy atom. The van der Waals surface area contributed by atoms with Crippen molar-refractivity contribution in [3.05, 3.63) is 40.3 Å². The molecule has 1 N–H and O–H groups in total. The molecule has 132 valence electrons. The Morgan fingerprint density at radius 2 is 2.00 bits per heavy atom. The molecule has 2 aromatic rings. The lowest BCUT2D eigenvalue weighted by molar-refractivity contribution is -0.142. The van der Waals surface area contributed by atoms with E-state index in [1.807, 2.05) is 26.8 Å². The van der Waals surface area contributed by atoms with Crippen LogP contribution in [0.2, 0.25) is 5.02 Å². The minimum atomic E-state index is -0.891. The van der Waals surface area contributed by atoms with Crippen LogP contribution in [-0.2, 0) is 4.79 Å². The molecular formula is C17H19ClN4O3. The maximum absolute atomic E-state index is 12.8. The van der Waals surface area contributed by atoms with Crippen LogP contribution >= 0.6 is 11.6 Å². The van der Waals surface area contributed by atoms with Crippen LogP contribution in [0.1, 0.15) is 28.8 Å². The molecule has 0 radical (unpaired) electrons. The van der Waals surface area contributed by atoms with Crippen molar-refractivity contribution >= 4 is 23.5 Å². The minimum absolute atomic E-state index is 0.112. The van der Waals surface area contributed by atoms with Crippen LogP contribution < -0.4 is 0 Å². The Kier molecular flexibility index (Phi) is 4.51. The van der Waals surface area contributed by atoms with Crippen LogP contribution in [0.3, 0.4) is 0 Å². The zero-order chi connectivity index (χ0) is 18.3. The highest BCUT2D eigenvalue weighted by atomic mass is 35.5. The number of aryl methyl sites for hydroxylation is 2. The maximum atomic E-state index is 12.8. The van der Waals surface area contributed by atoms with Gasteiger partial charge in [-0.25, -0.2) is 9.67 Å². The van der Waals surface area contributed by atoms with E-state index in [0.717, 1.165) is 11.4 Å². The molecule has 1 saturated heterocycles. The van der Waals surface area contributed by atoms with Crippen molar-refractivity contribution in [2.24, 2.45) is 11.8 Å². The third-order valence-electron chi connectivity index (χ3n) is 4.48. The number of halogens is 1. The van der Waals surface area contributed by atoms with Gasteiger partial charge in [0.25, 0.3) is 5.91 Å². The number of carbonyl (C=O) groups excluding carboxylic acids is 1. The zero-order valence-corrected chi connectivity index (χ0v) is 15.0. The molecule has 1 fully saturated rings. The van der Waals surface area contributed by atoms with Crippen molar-refractivity contribution in [1.82, 2.24) is 19.7 Å². The van der Waals surface area contributed by atoms with Gasteiger partial charge in [-0.05, 0) is 38.0 Å². The largest absolute Gasteiger partial charge is 0.481 e. The highest BCUT2D eigenvalue weighted by molar-refractivity contribution is 6.33. The van der Waals surface area contributed by atoms with Crippen LogP contribution in [0.25, 0.3) is 5.82 Å². The average Bonchev–Trinajstić information content (AvgIpc) is 3.09. The number of hydrogen-bond acceptors (Lipinski definition) is 4. The molecule has 0 unspecified atom stereocenters. The number of pyridine rings is 1. The van der Waals surface area contributed by atoms with Gasteiger partial charge in [0.15, 0.2) is 5.82 Å². The maximum Gasteiger partial charge on any atom is 0.308 e. The van der Waals surface area contributed by atoms with E-state index in [-0.39, 0.29) is 29.1 Å². The fourth-order valence-electron chi connectivity index (χ4n) is 3.16. The highest BCUT2D eigenvalue weighted by Crippen LogP contribution is 2.26. The van der Waals surface area contributed by atoms with Crippen molar-refractivity contribution in [2.45, 2.75) is 20.8 Å². The number of carbonyl (C=O) groups is 2. The van der Waals surface area contributed by atoms with Crippen molar-refractivity contribution < 1.29 is 14.7 Å². The molecule has 2 atom stereocenters. The fraction of sp³-hybridized carbons (Fsp3) is 0.412. The Labute approximate surface area is 150 Å². The third kappa shape index (κ3) is 3.24. The van der Waals surface area contributed by atoms with E-state index >= 15 is 0 Å². The Bertz CT molecular complexity index is 848. The number of amides is 1. The van der Waals surface area contributed by atoms with Crippen molar-refractivity contribution in [3.8, 4) is 5.82 Å². The standard InChI is InChI=1S/C17H19ClN4O3/c1-9-7-21(8-12(9)17(24)25)16(23)15-13(18)4-5-14(19-15)22-11(3)6-10(2)20-22/h4-6,9,12H,7-8H2,1-3H3,(H,24,25)/t9-,12-/m1/s1. The number of nitrogens with zero attached hydrogens (tertiary/aromatic N) is 4. The third-order valence-corrected chi connectivity index (χ3v) is 4.78. The van der Waals surface area contributed by atoms with Gasteiger partial charge in [0.1, 0.15) is 5.69 Å². The summed E-state index contributed by atoms with van der Waals surface area (Å²) in [5.41, 5.74) is 1.86. The van der Waals surface area contributed by atoms with Gasteiger partial charge in [0.2, 0.25) is 0 Å². The molecule has 2 aromatic heterocycles. The summed E-state index contributed by atoms with van der Waals surface area (Å²) in [6, 6.07) is 5.23. The second-order valence-corrected chi connectivity index (χ2v) is 6.88. The number of carboxylic acid groups (broad SMARTS) is 1. The molecule has 8 heteroatoms. The summed E-state index contributed by atoms with van der Waals surface area (Å²) in [4.78, 5) is 30.0. The number of aromatic nitrogens is 3. The summed E-state index contributed by atoms with van der Waals surface area (Å²) < 4.78 is 1.65. The monoisotopic (exact) mass is 362 g/mol. The van der Waals surface area contributed by atoms with Crippen LogP contribution in [0.15, 0.2) is 18.2 Å². The van der Waals surface area contributed by atoms with E-state index in [4.69, 9.17) is 11.6 Å². The van der Waals surface area contributed by atoms with Gasteiger partial charge in [0.05, 0.1) is 16.6 Å².